The molecule has 4 aromatic carbocycles. The van der Waals surface area contributed by atoms with Crippen molar-refractivity contribution in [2.75, 3.05) is 0 Å². The van der Waals surface area contributed by atoms with Crippen molar-refractivity contribution in [3.8, 4) is 39.8 Å². The number of alkyl halides is 3. The lowest BCUT2D eigenvalue weighted by molar-refractivity contribution is -0.384. The van der Waals surface area contributed by atoms with Crippen LogP contribution in [-0.2, 0) is 6.18 Å². The Labute approximate surface area is 270 Å². The van der Waals surface area contributed by atoms with E-state index in [2.05, 4.69) is 21.0 Å². The molecule has 0 fully saturated rings. The predicted octanol–water partition coefficient (Wildman–Crippen LogP) is 9.77. The van der Waals surface area contributed by atoms with Gasteiger partial charge in [-0.1, -0.05) is 91.0 Å². The van der Waals surface area contributed by atoms with Gasteiger partial charge in [0.15, 0.2) is 5.16 Å². The largest absolute Gasteiger partial charge is 0.436 e. The van der Waals surface area contributed by atoms with Crippen molar-refractivity contribution in [3.05, 3.63) is 142 Å². The molecular formula is C35H20F3N5O3S. The lowest BCUT2D eigenvalue weighted by Crippen LogP contribution is -2.10. The van der Waals surface area contributed by atoms with Gasteiger partial charge >= 0.3 is 6.18 Å². The number of halogens is 3. The first-order chi connectivity index (χ1) is 22.7. The highest BCUT2D eigenvalue weighted by Crippen LogP contribution is 2.43. The van der Waals surface area contributed by atoms with Gasteiger partial charge in [0.2, 0.25) is 5.88 Å². The summed E-state index contributed by atoms with van der Waals surface area (Å²) in [5.41, 5.74) is 1.35. The van der Waals surface area contributed by atoms with Gasteiger partial charge in [-0.05, 0) is 29.5 Å². The van der Waals surface area contributed by atoms with E-state index in [0.717, 1.165) is 23.4 Å². The van der Waals surface area contributed by atoms with Crippen LogP contribution >= 0.6 is 11.8 Å². The van der Waals surface area contributed by atoms with Crippen LogP contribution < -0.4 is 0 Å². The molecule has 0 bridgehead atoms. The van der Waals surface area contributed by atoms with Gasteiger partial charge in [0.05, 0.1) is 10.6 Å². The number of benzene rings is 4. The fourth-order valence-corrected chi connectivity index (χ4v) is 5.58. The monoisotopic (exact) mass is 647 g/mol. The number of aromatic nitrogens is 2. The second kappa shape index (κ2) is 13.1. The van der Waals surface area contributed by atoms with Crippen molar-refractivity contribution in [2.45, 2.75) is 16.2 Å². The van der Waals surface area contributed by atoms with Gasteiger partial charge in [0.1, 0.15) is 23.1 Å². The molecule has 0 aliphatic rings. The van der Waals surface area contributed by atoms with Gasteiger partial charge < -0.3 is 4.42 Å². The number of non-ortho nitro benzene ring substituents is 1. The first-order valence-electron chi connectivity index (χ1n) is 13.9. The number of nitrogens with zero attached hydrogens (tertiary/aromatic N) is 5. The summed E-state index contributed by atoms with van der Waals surface area (Å²) in [5, 5.41) is 21.6. The Morgan fingerprint density at radius 3 is 2.06 bits per heavy atom. The highest BCUT2D eigenvalue weighted by Gasteiger charge is 2.34. The zero-order valence-electron chi connectivity index (χ0n) is 24.0. The summed E-state index contributed by atoms with van der Waals surface area (Å²) >= 11 is 0.789. The minimum Gasteiger partial charge on any atom is -0.436 e. The Kier molecular flexibility index (Phi) is 8.64. The van der Waals surface area contributed by atoms with Crippen molar-refractivity contribution >= 4 is 29.5 Å². The number of hydrogen-bond donors (Lipinski definition) is 0. The Morgan fingerprint density at radius 1 is 0.851 bits per heavy atom. The SMILES string of the molecule is N#Cc1c(N=Cc2cc([N+](=O)[O-])ccc2Sc2nc(-c3ccccc3)cc(C(F)(F)F)n2)oc(-c2ccccc2)c1-c1ccccc1. The van der Waals surface area contributed by atoms with Gasteiger partial charge in [-0.2, -0.15) is 18.4 Å². The average Bonchev–Trinajstić information content (AvgIpc) is 3.47. The molecule has 0 atom stereocenters. The van der Waals surface area contributed by atoms with Crippen LogP contribution in [0.4, 0.5) is 24.7 Å². The van der Waals surface area contributed by atoms with E-state index in [0.29, 0.717) is 22.5 Å². The highest BCUT2D eigenvalue weighted by atomic mass is 32.2. The standard InChI is InChI=1S/C35H20F3N5O3S/c36-35(37,38)30-19-28(22-10-4-1-5-11-22)41-34(42-30)47-29-17-16-26(43(44)45)18-25(29)21-40-33-27(20-39)31(23-12-6-2-7-13-23)32(46-33)24-14-8-3-9-15-24/h1-19,21H. The van der Waals surface area contributed by atoms with Crippen LogP contribution in [0.1, 0.15) is 16.8 Å². The molecule has 0 spiro atoms. The lowest BCUT2D eigenvalue weighted by Gasteiger charge is -2.11. The molecule has 0 aliphatic heterocycles. The normalized spacial score (nSPS) is 11.4. The molecule has 0 saturated carbocycles. The van der Waals surface area contributed by atoms with E-state index in [-0.39, 0.29) is 38.4 Å². The van der Waals surface area contributed by atoms with Crippen LogP contribution in [0.2, 0.25) is 0 Å². The minimum absolute atomic E-state index is 0.0469. The van der Waals surface area contributed by atoms with Crippen molar-refractivity contribution in [2.24, 2.45) is 4.99 Å². The minimum atomic E-state index is -4.75. The zero-order valence-corrected chi connectivity index (χ0v) is 24.9. The number of nitro benzene ring substituents is 1. The van der Waals surface area contributed by atoms with Crippen molar-refractivity contribution in [1.82, 2.24) is 9.97 Å². The molecule has 2 aromatic heterocycles. The third-order valence-electron chi connectivity index (χ3n) is 6.89. The van der Waals surface area contributed by atoms with Crippen LogP contribution in [0.15, 0.2) is 135 Å². The number of nitro groups is 1. The van der Waals surface area contributed by atoms with Gasteiger partial charge in [-0.3, -0.25) is 10.1 Å². The molecule has 6 rings (SSSR count). The van der Waals surface area contributed by atoms with Gasteiger partial charge in [-0.25, -0.2) is 15.0 Å². The average molecular weight is 648 g/mol. The van der Waals surface area contributed by atoms with Crippen LogP contribution in [0, 0.1) is 21.4 Å². The number of hydrogen-bond acceptors (Lipinski definition) is 8. The number of rotatable bonds is 8. The van der Waals surface area contributed by atoms with Crippen LogP contribution in [0.3, 0.4) is 0 Å². The summed E-state index contributed by atoms with van der Waals surface area (Å²) in [6, 6.07) is 33.5. The Bertz CT molecular complexity index is 2150. The second-order valence-corrected chi connectivity index (χ2v) is 11.0. The molecule has 230 valence electrons. The lowest BCUT2D eigenvalue weighted by atomic mass is 9.98. The molecule has 6 aromatic rings. The summed E-state index contributed by atoms with van der Waals surface area (Å²) in [4.78, 5) is 23.9. The number of aliphatic imine (C=N–C) groups is 1. The molecule has 2 heterocycles. The molecule has 0 saturated heterocycles. The van der Waals surface area contributed by atoms with Crippen LogP contribution in [0.5, 0.6) is 0 Å². The van der Waals surface area contributed by atoms with Gasteiger partial charge in [0, 0.05) is 45.5 Å². The quantitative estimate of drug-likeness (QED) is 0.0698. The Hall–Kier alpha value is -6.06. The fourth-order valence-electron chi connectivity index (χ4n) is 4.73. The summed E-state index contributed by atoms with van der Waals surface area (Å²) in [7, 11) is 0. The predicted molar refractivity (Wildman–Crippen MR) is 171 cm³/mol. The van der Waals surface area contributed by atoms with Crippen molar-refractivity contribution in [3.63, 3.8) is 0 Å². The van der Waals surface area contributed by atoms with E-state index in [9.17, 15) is 28.5 Å². The van der Waals surface area contributed by atoms with E-state index in [4.69, 9.17) is 4.42 Å². The third-order valence-corrected chi connectivity index (χ3v) is 7.85. The van der Waals surface area contributed by atoms with Gasteiger partial charge in [-0.15, -0.1) is 0 Å². The van der Waals surface area contributed by atoms with Crippen LogP contribution in [-0.4, -0.2) is 21.1 Å². The van der Waals surface area contributed by atoms with Crippen LogP contribution in [0.25, 0.3) is 33.7 Å². The van der Waals surface area contributed by atoms with Gasteiger partial charge in [0.25, 0.3) is 5.69 Å². The first kappa shape index (κ1) is 30.9. The molecule has 0 N–H and O–H groups in total. The Morgan fingerprint density at radius 2 is 1.47 bits per heavy atom. The number of nitriles is 1. The summed E-state index contributed by atoms with van der Waals surface area (Å²) in [6.07, 6.45) is -3.48. The smallest absolute Gasteiger partial charge is 0.433 e. The maximum Gasteiger partial charge on any atom is 0.433 e. The zero-order chi connectivity index (χ0) is 33.0. The molecule has 0 amide bonds. The van der Waals surface area contributed by atoms with E-state index in [1.807, 2.05) is 60.7 Å². The fraction of sp³-hybridized carbons (Fsp3) is 0.0286. The molecule has 0 aliphatic carbocycles. The van der Waals surface area contributed by atoms with E-state index < -0.39 is 16.8 Å². The molecule has 0 unspecified atom stereocenters. The first-order valence-corrected chi connectivity index (χ1v) is 14.7. The molecule has 12 heteroatoms. The molecule has 8 nitrogen and oxygen atoms in total. The third kappa shape index (κ3) is 6.80. The summed E-state index contributed by atoms with van der Waals surface area (Å²) < 4.78 is 47.7. The van der Waals surface area contributed by atoms with Crippen molar-refractivity contribution in [1.29, 1.82) is 5.26 Å². The number of furan rings is 1. The molecule has 47 heavy (non-hydrogen) atoms. The Balaban J connectivity index is 1.46. The second-order valence-electron chi connectivity index (χ2n) is 9.95. The summed E-state index contributed by atoms with van der Waals surface area (Å²) in [5.74, 6) is 0.356. The van der Waals surface area contributed by atoms with E-state index >= 15 is 0 Å². The molecule has 0 radical (unpaired) electrons. The topological polar surface area (TPSA) is 118 Å². The molecular weight excluding hydrogens is 627 g/mol. The van der Waals surface area contributed by atoms with Crippen molar-refractivity contribution < 1.29 is 22.5 Å². The van der Waals surface area contributed by atoms with E-state index in [1.165, 1.54) is 24.4 Å². The maximum absolute atomic E-state index is 13.9. The summed E-state index contributed by atoms with van der Waals surface area (Å²) in [6.45, 7) is 0. The highest BCUT2D eigenvalue weighted by molar-refractivity contribution is 7.99. The van der Waals surface area contributed by atoms with E-state index in [1.54, 1.807) is 30.3 Å². The maximum atomic E-state index is 13.9.